The third-order valence-electron chi connectivity index (χ3n) is 7.77. The lowest BCUT2D eigenvalue weighted by molar-refractivity contribution is 0.312. The van der Waals surface area contributed by atoms with Crippen molar-refractivity contribution in [3.8, 4) is 0 Å². The lowest BCUT2D eigenvalue weighted by Crippen LogP contribution is -2.45. The van der Waals surface area contributed by atoms with Crippen LogP contribution in [0.4, 0.5) is 17.5 Å². The summed E-state index contributed by atoms with van der Waals surface area (Å²) in [4.78, 5) is 16.7. The number of fused-ring (bicyclic) bond motifs is 1. The van der Waals surface area contributed by atoms with Crippen LogP contribution in [0.3, 0.4) is 0 Å². The van der Waals surface area contributed by atoms with Crippen LogP contribution in [0.2, 0.25) is 0 Å². The van der Waals surface area contributed by atoms with Crippen LogP contribution in [0, 0.1) is 5.92 Å². The van der Waals surface area contributed by atoms with Gasteiger partial charge >= 0.3 is 0 Å². The Labute approximate surface area is 215 Å². The average molecular weight is 488 g/mol. The summed E-state index contributed by atoms with van der Waals surface area (Å²) in [7, 11) is 6.30. The number of nitrogens with zero attached hydrogens (tertiary/aromatic N) is 5. The molecule has 192 valence electrons. The molecule has 7 heteroatoms. The summed E-state index contributed by atoms with van der Waals surface area (Å²) >= 11 is 0. The van der Waals surface area contributed by atoms with E-state index in [1.807, 2.05) is 26.2 Å². The fourth-order valence-corrected chi connectivity index (χ4v) is 5.59. The molecule has 0 spiro atoms. The van der Waals surface area contributed by atoms with E-state index in [2.05, 4.69) is 68.8 Å². The van der Waals surface area contributed by atoms with Crippen LogP contribution in [0.5, 0.6) is 0 Å². The zero-order valence-corrected chi connectivity index (χ0v) is 22.1. The molecular weight excluding hydrogens is 446 g/mol. The van der Waals surface area contributed by atoms with Crippen molar-refractivity contribution >= 4 is 28.4 Å². The van der Waals surface area contributed by atoms with Gasteiger partial charge in [0.2, 0.25) is 5.95 Å². The Kier molecular flexibility index (Phi) is 7.87. The van der Waals surface area contributed by atoms with Crippen molar-refractivity contribution in [2.45, 2.75) is 38.3 Å². The number of anilines is 3. The number of aromatic nitrogens is 2. The minimum atomic E-state index is 0.440. The highest BCUT2D eigenvalue weighted by Gasteiger charge is 2.23. The number of rotatable bonds is 8. The van der Waals surface area contributed by atoms with Gasteiger partial charge in [0.25, 0.3) is 0 Å². The second kappa shape index (κ2) is 11.4. The summed E-state index contributed by atoms with van der Waals surface area (Å²) in [6.45, 7) is 6.53. The smallest absolute Gasteiger partial charge is 0.225 e. The molecule has 1 aromatic heterocycles. The molecule has 0 radical (unpaired) electrons. The molecule has 2 aliphatic rings. The number of hydrogen-bond acceptors (Lipinski definition) is 7. The summed E-state index contributed by atoms with van der Waals surface area (Å²) in [6.07, 6.45) is 4.80. The molecule has 1 aliphatic heterocycles. The van der Waals surface area contributed by atoms with Crippen molar-refractivity contribution in [1.29, 1.82) is 0 Å². The second-order valence-corrected chi connectivity index (χ2v) is 10.7. The van der Waals surface area contributed by atoms with Gasteiger partial charge in [-0.3, -0.25) is 0 Å². The van der Waals surface area contributed by atoms with E-state index >= 15 is 0 Å². The fourth-order valence-electron chi connectivity index (χ4n) is 5.59. The van der Waals surface area contributed by atoms with E-state index in [9.17, 15) is 0 Å². The first-order valence-electron chi connectivity index (χ1n) is 13.5. The van der Waals surface area contributed by atoms with Crippen LogP contribution in [-0.2, 0) is 6.54 Å². The molecule has 2 heterocycles. The summed E-state index contributed by atoms with van der Waals surface area (Å²) < 4.78 is 0. The van der Waals surface area contributed by atoms with E-state index in [0.717, 1.165) is 80.7 Å². The van der Waals surface area contributed by atoms with Crippen molar-refractivity contribution in [3.63, 3.8) is 0 Å². The number of hydrogen-bond donors (Lipinski definition) is 2. The molecule has 36 heavy (non-hydrogen) atoms. The number of piperazine rings is 1. The molecule has 7 nitrogen and oxygen atoms in total. The zero-order valence-electron chi connectivity index (χ0n) is 22.1. The molecule has 0 amide bonds. The highest BCUT2D eigenvalue weighted by Crippen LogP contribution is 2.28. The van der Waals surface area contributed by atoms with E-state index < -0.39 is 0 Å². The van der Waals surface area contributed by atoms with Crippen LogP contribution in [-0.4, -0.2) is 74.8 Å². The van der Waals surface area contributed by atoms with Gasteiger partial charge in [-0.15, -0.1) is 0 Å². The molecular formula is C29H41N7. The van der Waals surface area contributed by atoms with Crippen LogP contribution in [0.15, 0.2) is 48.5 Å². The van der Waals surface area contributed by atoms with Gasteiger partial charge in [-0.25, -0.2) is 4.98 Å². The van der Waals surface area contributed by atoms with Gasteiger partial charge in [-0.1, -0.05) is 30.3 Å². The van der Waals surface area contributed by atoms with Gasteiger partial charge in [0, 0.05) is 63.9 Å². The van der Waals surface area contributed by atoms with Gasteiger partial charge in [-0.2, -0.15) is 4.98 Å². The monoisotopic (exact) mass is 487 g/mol. The van der Waals surface area contributed by atoms with Gasteiger partial charge in [0.15, 0.2) is 0 Å². The van der Waals surface area contributed by atoms with Crippen molar-refractivity contribution in [1.82, 2.24) is 20.2 Å². The maximum atomic E-state index is 4.83. The first-order chi connectivity index (χ1) is 17.6. The van der Waals surface area contributed by atoms with Gasteiger partial charge in [0.1, 0.15) is 5.82 Å². The van der Waals surface area contributed by atoms with E-state index in [1.165, 1.54) is 24.1 Å². The topological polar surface area (TPSA) is 59.6 Å². The Balaban J connectivity index is 1.11. The van der Waals surface area contributed by atoms with Gasteiger partial charge in [-0.05, 0) is 69.0 Å². The number of likely N-dealkylation sites (N-methyl/N-ethyl adjacent to an activating group) is 1. The van der Waals surface area contributed by atoms with E-state index in [4.69, 9.17) is 9.97 Å². The largest absolute Gasteiger partial charge is 0.369 e. The lowest BCUT2D eigenvalue weighted by Gasteiger charge is -2.35. The molecule has 2 aromatic carbocycles. The third-order valence-corrected chi connectivity index (χ3v) is 7.77. The Morgan fingerprint density at radius 1 is 0.889 bits per heavy atom. The lowest BCUT2D eigenvalue weighted by atomic mass is 9.86. The maximum Gasteiger partial charge on any atom is 0.225 e. The van der Waals surface area contributed by atoms with E-state index in [0.29, 0.717) is 6.04 Å². The molecule has 2 N–H and O–H groups in total. The minimum absolute atomic E-state index is 0.440. The summed E-state index contributed by atoms with van der Waals surface area (Å²) in [6, 6.07) is 17.6. The van der Waals surface area contributed by atoms with Crippen LogP contribution < -0.4 is 20.4 Å². The normalized spacial score (nSPS) is 21.0. The quantitative estimate of drug-likeness (QED) is 0.494. The number of para-hydroxylation sites is 2. The highest BCUT2D eigenvalue weighted by molar-refractivity contribution is 5.90. The molecule has 2 fully saturated rings. The third kappa shape index (κ3) is 5.90. The van der Waals surface area contributed by atoms with Crippen molar-refractivity contribution in [2.75, 3.05) is 69.0 Å². The first-order valence-corrected chi connectivity index (χ1v) is 13.5. The summed E-state index contributed by atoms with van der Waals surface area (Å²) in [5, 5.41) is 8.51. The molecule has 1 saturated heterocycles. The standard InChI is InChI=1S/C29H41N7/c1-34(2)28-25-9-5-6-10-26(25)32-29(33-28)31-24-14-12-22(13-15-24)20-30-21-23-8-4-7-11-27(23)36-18-16-35(3)17-19-36/h4-11,22,24,30H,12-21H2,1-3H3,(H,31,32,33). The Hall–Kier alpha value is -2.90. The highest BCUT2D eigenvalue weighted by atomic mass is 15.2. The molecule has 3 aromatic rings. The predicted octanol–water partition coefficient (Wildman–Crippen LogP) is 4.21. The Morgan fingerprint density at radius 3 is 2.39 bits per heavy atom. The van der Waals surface area contributed by atoms with Gasteiger partial charge in [0.05, 0.1) is 5.52 Å². The summed E-state index contributed by atoms with van der Waals surface area (Å²) in [5.74, 6) is 2.45. The van der Waals surface area contributed by atoms with Crippen molar-refractivity contribution in [3.05, 3.63) is 54.1 Å². The van der Waals surface area contributed by atoms with Crippen LogP contribution in [0.25, 0.3) is 10.9 Å². The SMILES string of the molecule is CN1CCN(c2ccccc2CNCC2CCC(Nc3nc(N(C)C)c4ccccc4n3)CC2)CC1. The van der Waals surface area contributed by atoms with E-state index in [-0.39, 0.29) is 0 Å². The van der Waals surface area contributed by atoms with Crippen LogP contribution >= 0.6 is 0 Å². The van der Waals surface area contributed by atoms with Crippen molar-refractivity contribution in [2.24, 2.45) is 5.92 Å². The molecule has 1 saturated carbocycles. The average Bonchev–Trinajstić information content (AvgIpc) is 2.90. The van der Waals surface area contributed by atoms with Gasteiger partial charge < -0.3 is 25.3 Å². The second-order valence-electron chi connectivity index (χ2n) is 10.7. The molecule has 0 bridgehead atoms. The predicted molar refractivity (Wildman–Crippen MR) is 151 cm³/mol. The fraction of sp³-hybridized carbons (Fsp3) is 0.517. The molecule has 0 unspecified atom stereocenters. The van der Waals surface area contributed by atoms with Crippen molar-refractivity contribution < 1.29 is 0 Å². The maximum absolute atomic E-state index is 4.83. The minimum Gasteiger partial charge on any atom is -0.369 e. The summed E-state index contributed by atoms with van der Waals surface area (Å²) in [5.41, 5.74) is 3.81. The van der Waals surface area contributed by atoms with Crippen LogP contribution in [0.1, 0.15) is 31.2 Å². The zero-order chi connectivity index (χ0) is 24.9. The Bertz CT molecular complexity index is 1130. The first kappa shape index (κ1) is 24.8. The number of benzene rings is 2. The Morgan fingerprint density at radius 2 is 1.61 bits per heavy atom. The molecule has 5 rings (SSSR count). The molecule has 1 aliphatic carbocycles. The van der Waals surface area contributed by atoms with E-state index in [1.54, 1.807) is 0 Å². The number of nitrogens with one attached hydrogen (secondary N) is 2. The molecule has 0 atom stereocenters.